The van der Waals surface area contributed by atoms with Crippen molar-refractivity contribution in [2.75, 3.05) is 12.3 Å². The van der Waals surface area contributed by atoms with Crippen LogP contribution in [0.1, 0.15) is 46.0 Å². The van der Waals surface area contributed by atoms with Crippen LogP contribution >= 0.6 is 12.6 Å². The SMILES string of the molecule is CCC(C)C(NC(=O)C(N)CC(=O)O)C(=O)NC(CCCCN)C(=O)NC(CS)C(=O)O. The largest absolute Gasteiger partial charge is 0.481 e. The van der Waals surface area contributed by atoms with Gasteiger partial charge in [-0.15, -0.1) is 0 Å². The molecule has 5 unspecified atom stereocenters. The molecule has 13 heteroatoms. The summed E-state index contributed by atoms with van der Waals surface area (Å²) in [6.07, 6.45) is 1.18. The van der Waals surface area contributed by atoms with Gasteiger partial charge in [0, 0.05) is 5.75 Å². The number of carbonyl (C=O) groups excluding carboxylic acids is 3. The molecule has 3 amide bonds. The zero-order valence-corrected chi connectivity index (χ0v) is 19.3. The minimum Gasteiger partial charge on any atom is -0.481 e. The van der Waals surface area contributed by atoms with Crippen LogP contribution in [0.4, 0.5) is 0 Å². The van der Waals surface area contributed by atoms with Gasteiger partial charge in [-0.2, -0.15) is 12.6 Å². The Balaban J connectivity index is 5.47. The van der Waals surface area contributed by atoms with E-state index in [9.17, 15) is 24.0 Å². The lowest BCUT2D eigenvalue weighted by atomic mass is 9.97. The monoisotopic (exact) mass is 477 g/mol. The molecular formula is C19H35N5O7S. The quantitative estimate of drug-likeness (QED) is 0.0950. The van der Waals surface area contributed by atoms with Gasteiger partial charge in [-0.1, -0.05) is 20.3 Å². The average molecular weight is 478 g/mol. The number of rotatable bonds is 16. The van der Waals surface area contributed by atoms with Crippen molar-refractivity contribution in [3.8, 4) is 0 Å². The molecule has 0 aromatic rings. The van der Waals surface area contributed by atoms with Gasteiger partial charge in [0.25, 0.3) is 0 Å². The van der Waals surface area contributed by atoms with Gasteiger partial charge in [0.05, 0.1) is 12.5 Å². The third-order valence-corrected chi connectivity index (χ3v) is 5.27. The van der Waals surface area contributed by atoms with Crippen molar-refractivity contribution < 1.29 is 34.2 Å². The van der Waals surface area contributed by atoms with E-state index in [2.05, 4.69) is 28.6 Å². The van der Waals surface area contributed by atoms with Crippen LogP contribution in [0.3, 0.4) is 0 Å². The molecule has 184 valence electrons. The van der Waals surface area contributed by atoms with Crippen molar-refractivity contribution in [1.82, 2.24) is 16.0 Å². The highest BCUT2D eigenvalue weighted by Crippen LogP contribution is 2.10. The molecule has 9 N–H and O–H groups in total. The lowest BCUT2D eigenvalue weighted by Crippen LogP contribution is -2.58. The number of hydrogen-bond acceptors (Lipinski definition) is 8. The normalized spacial score (nSPS) is 15.5. The van der Waals surface area contributed by atoms with Crippen molar-refractivity contribution in [2.45, 2.75) is 70.1 Å². The summed E-state index contributed by atoms with van der Waals surface area (Å²) >= 11 is 3.91. The first-order valence-corrected chi connectivity index (χ1v) is 11.0. The molecule has 0 spiro atoms. The maximum atomic E-state index is 12.9. The Bertz CT molecular complexity index is 664. The highest BCUT2D eigenvalue weighted by Gasteiger charge is 2.32. The second-order valence-corrected chi connectivity index (χ2v) is 7.87. The number of amides is 3. The summed E-state index contributed by atoms with van der Waals surface area (Å²) in [5.41, 5.74) is 11.1. The maximum absolute atomic E-state index is 12.9. The Kier molecular flexibility index (Phi) is 14.3. The Labute approximate surface area is 192 Å². The van der Waals surface area contributed by atoms with Crippen LogP contribution in [-0.4, -0.2) is 76.3 Å². The minimum atomic E-state index is -1.35. The Morgan fingerprint density at radius 1 is 0.938 bits per heavy atom. The smallest absolute Gasteiger partial charge is 0.327 e. The molecule has 12 nitrogen and oxygen atoms in total. The molecule has 0 aliphatic carbocycles. The number of nitrogens with two attached hydrogens (primary N) is 2. The van der Waals surface area contributed by atoms with E-state index in [1.54, 1.807) is 13.8 Å². The molecule has 0 aliphatic heterocycles. The van der Waals surface area contributed by atoms with Gasteiger partial charge in [-0.05, 0) is 31.7 Å². The second-order valence-electron chi connectivity index (χ2n) is 7.50. The summed E-state index contributed by atoms with van der Waals surface area (Å²) in [5.74, 6) is -5.19. The van der Waals surface area contributed by atoms with Crippen molar-refractivity contribution in [1.29, 1.82) is 0 Å². The van der Waals surface area contributed by atoms with Crippen LogP contribution in [0.2, 0.25) is 0 Å². The van der Waals surface area contributed by atoms with E-state index < -0.39 is 60.2 Å². The maximum Gasteiger partial charge on any atom is 0.327 e. The lowest BCUT2D eigenvalue weighted by Gasteiger charge is -2.27. The van der Waals surface area contributed by atoms with Gasteiger partial charge in [0.2, 0.25) is 17.7 Å². The van der Waals surface area contributed by atoms with E-state index in [1.807, 2.05) is 0 Å². The fourth-order valence-corrected chi connectivity index (χ4v) is 2.97. The molecule has 0 aromatic carbocycles. The topological polar surface area (TPSA) is 214 Å². The molecule has 0 bridgehead atoms. The third kappa shape index (κ3) is 10.8. The summed E-state index contributed by atoms with van der Waals surface area (Å²) in [7, 11) is 0. The summed E-state index contributed by atoms with van der Waals surface area (Å²) in [4.78, 5) is 59.8. The molecule has 0 aromatic heterocycles. The first-order valence-electron chi connectivity index (χ1n) is 10.4. The number of nitrogens with one attached hydrogen (secondary N) is 3. The van der Waals surface area contributed by atoms with Gasteiger partial charge >= 0.3 is 11.9 Å². The zero-order chi connectivity index (χ0) is 24.8. The molecular weight excluding hydrogens is 442 g/mol. The number of hydrogen-bond donors (Lipinski definition) is 8. The van der Waals surface area contributed by atoms with E-state index >= 15 is 0 Å². The minimum absolute atomic E-state index is 0.141. The number of carbonyl (C=O) groups is 5. The molecule has 0 saturated carbocycles. The van der Waals surface area contributed by atoms with Gasteiger partial charge < -0.3 is 37.6 Å². The fraction of sp³-hybridized carbons (Fsp3) is 0.737. The number of unbranched alkanes of at least 4 members (excludes halogenated alkanes) is 1. The summed E-state index contributed by atoms with van der Waals surface area (Å²) in [6, 6.07) is -4.72. The third-order valence-electron chi connectivity index (χ3n) is 4.90. The van der Waals surface area contributed by atoms with Crippen LogP contribution in [0.15, 0.2) is 0 Å². The van der Waals surface area contributed by atoms with Crippen molar-refractivity contribution in [2.24, 2.45) is 17.4 Å². The molecule has 5 atom stereocenters. The summed E-state index contributed by atoms with van der Waals surface area (Å²) < 4.78 is 0. The molecule has 0 aliphatic rings. The highest BCUT2D eigenvalue weighted by molar-refractivity contribution is 7.80. The molecule has 32 heavy (non-hydrogen) atoms. The van der Waals surface area contributed by atoms with E-state index in [-0.39, 0.29) is 18.1 Å². The second kappa shape index (κ2) is 15.4. The first-order chi connectivity index (χ1) is 15.0. The number of aliphatic carboxylic acids is 2. The van der Waals surface area contributed by atoms with Crippen molar-refractivity contribution in [3.63, 3.8) is 0 Å². The predicted molar refractivity (Wildman–Crippen MR) is 120 cm³/mol. The summed E-state index contributed by atoms with van der Waals surface area (Å²) in [6.45, 7) is 3.88. The number of thiol groups is 1. The van der Waals surface area contributed by atoms with E-state index in [1.165, 1.54) is 0 Å². The molecule has 0 fully saturated rings. The van der Waals surface area contributed by atoms with E-state index in [0.29, 0.717) is 25.8 Å². The molecule has 0 rings (SSSR count). The van der Waals surface area contributed by atoms with Gasteiger partial charge in [0.1, 0.15) is 18.1 Å². The standard InChI is InChI=1S/C19H35N5O7S/c1-3-10(2)15(24-16(27)11(21)8-14(25)26)18(29)22-12(6-4-5-7-20)17(28)23-13(9-32)19(30)31/h10-13,15,32H,3-9,20-21H2,1-2H3,(H,22,29)(H,23,28)(H,24,27)(H,25,26)(H,30,31). The lowest BCUT2D eigenvalue weighted by molar-refractivity contribution is -0.141. The molecule has 0 saturated heterocycles. The highest BCUT2D eigenvalue weighted by atomic mass is 32.1. The Hall–Kier alpha value is -2.38. The average Bonchev–Trinajstić information content (AvgIpc) is 2.73. The van der Waals surface area contributed by atoms with Gasteiger partial charge in [-0.3, -0.25) is 19.2 Å². The first kappa shape index (κ1) is 29.6. The number of carboxylic acid groups (broad SMARTS) is 2. The molecule has 0 radical (unpaired) electrons. The predicted octanol–water partition coefficient (Wildman–Crippen LogP) is -1.57. The fourth-order valence-electron chi connectivity index (χ4n) is 2.72. The Morgan fingerprint density at radius 3 is 2.00 bits per heavy atom. The van der Waals surface area contributed by atoms with Crippen LogP contribution in [0.25, 0.3) is 0 Å². The zero-order valence-electron chi connectivity index (χ0n) is 18.4. The van der Waals surface area contributed by atoms with Crippen molar-refractivity contribution in [3.05, 3.63) is 0 Å². The summed E-state index contributed by atoms with van der Waals surface area (Å²) in [5, 5.41) is 25.3. The van der Waals surface area contributed by atoms with E-state index in [4.69, 9.17) is 21.7 Å². The van der Waals surface area contributed by atoms with Gasteiger partial charge in [-0.25, -0.2) is 4.79 Å². The van der Waals surface area contributed by atoms with E-state index in [0.717, 1.165) is 0 Å². The van der Waals surface area contributed by atoms with Crippen molar-refractivity contribution >= 4 is 42.3 Å². The van der Waals surface area contributed by atoms with Crippen LogP contribution in [0, 0.1) is 5.92 Å². The van der Waals surface area contributed by atoms with Crippen LogP contribution in [-0.2, 0) is 24.0 Å². The Morgan fingerprint density at radius 2 is 1.53 bits per heavy atom. The van der Waals surface area contributed by atoms with Crippen LogP contribution in [0.5, 0.6) is 0 Å². The molecule has 0 heterocycles. The van der Waals surface area contributed by atoms with Gasteiger partial charge in [0.15, 0.2) is 0 Å². The van der Waals surface area contributed by atoms with Crippen LogP contribution < -0.4 is 27.4 Å². The number of carboxylic acids is 2.